The molecule has 0 bridgehead atoms. The summed E-state index contributed by atoms with van der Waals surface area (Å²) in [7, 11) is -3.42. The maximum absolute atomic E-state index is 12.8. The molecule has 1 aromatic heterocycles. The third kappa shape index (κ3) is 5.43. The van der Waals surface area contributed by atoms with E-state index in [-0.39, 0.29) is 5.91 Å². The number of nitrogens with zero attached hydrogens (tertiary/aromatic N) is 1. The Morgan fingerprint density at radius 2 is 1.74 bits per heavy atom. The van der Waals surface area contributed by atoms with E-state index in [4.69, 9.17) is 4.42 Å². The summed E-state index contributed by atoms with van der Waals surface area (Å²) in [5.41, 5.74) is 0.943. The number of furan rings is 1. The fourth-order valence-electron chi connectivity index (χ4n) is 3.20. The van der Waals surface area contributed by atoms with Gasteiger partial charge in [0.2, 0.25) is 15.9 Å². The first-order valence-electron chi connectivity index (χ1n) is 9.44. The second-order valence-electron chi connectivity index (χ2n) is 6.82. The average molecular weight is 391 g/mol. The highest BCUT2D eigenvalue weighted by atomic mass is 32.2. The van der Waals surface area contributed by atoms with Gasteiger partial charge in [-0.15, -0.1) is 0 Å². The van der Waals surface area contributed by atoms with E-state index in [1.807, 2.05) is 6.07 Å². The highest BCUT2D eigenvalue weighted by molar-refractivity contribution is 7.89. The van der Waals surface area contributed by atoms with Crippen molar-refractivity contribution in [2.24, 2.45) is 0 Å². The standard InChI is InChI=1S/C20H26N2O4S/c23-20(21-16-18-6-5-15-26-18)12-9-17-7-10-19(11-8-17)27(24,25)22-13-3-1-2-4-14-22/h5-8,10-11,15H,1-4,9,12-14,16H2,(H,21,23). The summed E-state index contributed by atoms with van der Waals surface area (Å²) in [6.45, 7) is 1.57. The summed E-state index contributed by atoms with van der Waals surface area (Å²) in [6.07, 6.45) is 6.50. The van der Waals surface area contributed by atoms with Gasteiger partial charge in [-0.2, -0.15) is 4.31 Å². The van der Waals surface area contributed by atoms with Gasteiger partial charge < -0.3 is 9.73 Å². The number of hydrogen-bond acceptors (Lipinski definition) is 4. The van der Waals surface area contributed by atoms with Gasteiger partial charge in [-0.3, -0.25) is 4.79 Å². The molecule has 7 heteroatoms. The van der Waals surface area contributed by atoms with Crippen molar-refractivity contribution in [3.05, 3.63) is 54.0 Å². The van der Waals surface area contributed by atoms with Gasteiger partial charge in [0.15, 0.2) is 0 Å². The number of carbonyl (C=O) groups excluding carboxylic acids is 1. The van der Waals surface area contributed by atoms with Gasteiger partial charge in [-0.25, -0.2) is 8.42 Å². The number of nitrogens with one attached hydrogen (secondary N) is 1. The summed E-state index contributed by atoms with van der Waals surface area (Å²) >= 11 is 0. The third-order valence-electron chi connectivity index (χ3n) is 4.81. The Hall–Kier alpha value is -2.12. The van der Waals surface area contributed by atoms with Crippen molar-refractivity contribution in [3.8, 4) is 0 Å². The van der Waals surface area contributed by atoms with Crippen molar-refractivity contribution in [2.75, 3.05) is 13.1 Å². The van der Waals surface area contributed by atoms with Crippen LogP contribution in [0, 0.1) is 0 Å². The molecule has 0 saturated carbocycles. The highest BCUT2D eigenvalue weighted by Crippen LogP contribution is 2.21. The zero-order valence-electron chi connectivity index (χ0n) is 15.4. The Balaban J connectivity index is 1.52. The molecule has 0 unspecified atom stereocenters. The van der Waals surface area contributed by atoms with Crippen LogP contribution in [-0.4, -0.2) is 31.7 Å². The number of benzene rings is 1. The molecule has 2 aromatic rings. The van der Waals surface area contributed by atoms with E-state index in [9.17, 15) is 13.2 Å². The highest BCUT2D eigenvalue weighted by Gasteiger charge is 2.24. The second-order valence-corrected chi connectivity index (χ2v) is 8.76. The molecule has 1 aliphatic heterocycles. The maximum atomic E-state index is 12.8. The minimum Gasteiger partial charge on any atom is -0.467 e. The second kappa shape index (κ2) is 9.19. The smallest absolute Gasteiger partial charge is 0.243 e. The van der Waals surface area contributed by atoms with Crippen LogP contribution in [0.3, 0.4) is 0 Å². The minimum absolute atomic E-state index is 0.0623. The third-order valence-corrected chi connectivity index (χ3v) is 6.72. The predicted molar refractivity (Wildman–Crippen MR) is 103 cm³/mol. The fourth-order valence-corrected chi connectivity index (χ4v) is 4.72. The summed E-state index contributed by atoms with van der Waals surface area (Å²) in [5, 5.41) is 2.80. The van der Waals surface area contributed by atoms with Gasteiger partial charge in [0, 0.05) is 19.5 Å². The van der Waals surface area contributed by atoms with Gasteiger partial charge in [0.1, 0.15) is 5.76 Å². The number of sulfonamides is 1. The monoisotopic (exact) mass is 390 g/mol. The SMILES string of the molecule is O=C(CCc1ccc(S(=O)(=O)N2CCCCCC2)cc1)NCc1ccco1. The molecule has 6 nitrogen and oxygen atoms in total. The molecule has 1 saturated heterocycles. The van der Waals surface area contributed by atoms with E-state index in [0.717, 1.165) is 31.2 Å². The van der Waals surface area contributed by atoms with Gasteiger partial charge in [-0.05, 0) is 49.1 Å². The Bertz CT molecular complexity index is 821. The number of amides is 1. The number of hydrogen-bond donors (Lipinski definition) is 1. The molecule has 1 fully saturated rings. The van der Waals surface area contributed by atoms with Crippen molar-refractivity contribution in [1.82, 2.24) is 9.62 Å². The first-order valence-corrected chi connectivity index (χ1v) is 10.9. The van der Waals surface area contributed by atoms with Crippen LogP contribution in [0.4, 0.5) is 0 Å². The molecule has 1 N–H and O–H groups in total. The predicted octanol–water partition coefficient (Wildman–Crippen LogP) is 3.09. The van der Waals surface area contributed by atoms with Crippen molar-refractivity contribution in [1.29, 1.82) is 0 Å². The molecule has 0 radical (unpaired) electrons. The Morgan fingerprint density at radius 3 is 2.37 bits per heavy atom. The van der Waals surface area contributed by atoms with Crippen molar-refractivity contribution < 1.29 is 17.6 Å². The lowest BCUT2D eigenvalue weighted by molar-refractivity contribution is -0.121. The van der Waals surface area contributed by atoms with E-state index >= 15 is 0 Å². The van der Waals surface area contributed by atoms with Crippen LogP contribution in [-0.2, 0) is 27.8 Å². The molecule has 1 aliphatic rings. The molecular weight excluding hydrogens is 364 g/mol. The van der Waals surface area contributed by atoms with Crippen LogP contribution < -0.4 is 5.32 Å². The Morgan fingerprint density at radius 1 is 1.04 bits per heavy atom. The van der Waals surface area contributed by atoms with Crippen LogP contribution in [0.1, 0.15) is 43.4 Å². The van der Waals surface area contributed by atoms with Crippen molar-refractivity contribution in [2.45, 2.75) is 50.0 Å². The van der Waals surface area contributed by atoms with Gasteiger partial charge in [0.25, 0.3) is 0 Å². The van der Waals surface area contributed by atoms with E-state index in [0.29, 0.717) is 43.1 Å². The molecule has 0 atom stereocenters. The van der Waals surface area contributed by atoms with Gasteiger partial charge in [0.05, 0.1) is 17.7 Å². The summed E-state index contributed by atoms with van der Waals surface area (Å²) in [6, 6.07) is 10.5. The van der Waals surface area contributed by atoms with Crippen LogP contribution in [0.2, 0.25) is 0 Å². The maximum Gasteiger partial charge on any atom is 0.243 e. The summed E-state index contributed by atoms with van der Waals surface area (Å²) < 4.78 is 32.3. The van der Waals surface area contributed by atoms with Crippen LogP contribution in [0.5, 0.6) is 0 Å². The lowest BCUT2D eigenvalue weighted by Crippen LogP contribution is -2.31. The zero-order valence-corrected chi connectivity index (χ0v) is 16.2. The minimum atomic E-state index is -3.42. The average Bonchev–Trinajstić information content (AvgIpc) is 3.04. The molecule has 1 amide bonds. The van der Waals surface area contributed by atoms with E-state index in [1.54, 1.807) is 40.9 Å². The van der Waals surface area contributed by atoms with E-state index < -0.39 is 10.0 Å². The van der Waals surface area contributed by atoms with Crippen molar-refractivity contribution in [3.63, 3.8) is 0 Å². The Labute approximate surface area is 160 Å². The summed E-state index contributed by atoms with van der Waals surface area (Å²) in [4.78, 5) is 12.3. The lowest BCUT2D eigenvalue weighted by atomic mass is 10.1. The van der Waals surface area contributed by atoms with Gasteiger partial charge >= 0.3 is 0 Å². The first-order chi connectivity index (χ1) is 13.1. The molecule has 0 aliphatic carbocycles. The fraction of sp³-hybridized carbons (Fsp3) is 0.450. The molecule has 1 aromatic carbocycles. The van der Waals surface area contributed by atoms with Crippen molar-refractivity contribution >= 4 is 15.9 Å². The number of carbonyl (C=O) groups is 1. The quantitative estimate of drug-likeness (QED) is 0.788. The number of aryl methyl sites for hydroxylation is 1. The molecule has 27 heavy (non-hydrogen) atoms. The number of rotatable bonds is 7. The van der Waals surface area contributed by atoms with Crippen LogP contribution in [0.15, 0.2) is 52.0 Å². The molecule has 0 spiro atoms. The summed E-state index contributed by atoms with van der Waals surface area (Å²) in [5.74, 6) is 0.652. The molecular formula is C20H26N2O4S. The zero-order chi connectivity index (χ0) is 19.1. The normalized spacial score (nSPS) is 16.0. The van der Waals surface area contributed by atoms with Gasteiger partial charge in [-0.1, -0.05) is 25.0 Å². The topological polar surface area (TPSA) is 79.6 Å². The van der Waals surface area contributed by atoms with E-state index in [1.165, 1.54) is 0 Å². The largest absolute Gasteiger partial charge is 0.467 e. The molecule has 2 heterocycles. The van der Waals surface area contributed by atoms with Crippen LogP contribution in [0.25, 0.3) is 0 Å². The lowest BCUT2D eigenvalue weighted by Gasteiger charge is -2.20. The Kier molecular flexibility index (Phi) is 6.68. The van der Waals surface area contributed by atoms with E-state index in [2.05, 4.69) is 5.32 Å². The first kappa shape index (κ1) is 19.6. The molecule has 146 valence electrons. The van der Waals surface area contributed by atoms with Crippen LogP contribution >= 0.6 is 0 Å². The molecule has 3 rings (SSSR count).